The van der Waals surface area contributed by atoms with Gasteiger partial charge in [0.05, 0.1) is 50.5 Å². The molecule has 258 valence electrons. The summed E-state index contributed by atoms with van der Waals surface area (Å²) in [5, 5.41) is 63.0. The fourth-order valence-corrected chi connectivity index (χ4v) is 4.61. The van der Waals surface area contributed by atoms with Crippen molar-refractivity contribution in [1.82, 2.24) is 0 Å². The zero-order valence-electron chi connectivity index (χ0n) is 23.8. The number of carboxylic acids is 6. The molecule has 3 aromatic rings. The third-order valence-electron chi connectivity index (χ3n) is 5.19. The van der Waals surface area contributed by atoms with Crippen LogP contribution in [0.15, 0.2) is 69.3 Å². The fraction of sp³-hybridized carbons (Fsp3) is 0. The molecule has 3 aromatic carbocycles. The molecular formula is C24H12O21S3Sc2. The summed E-state index contributed by atoms with van der Waals surface area (Å²) in [7, 11) is -13.8. The Kier molecular flexibility index (Phi) is 18.1. The van der Waals surface area contributed by atoms with E-state index in [9.17, 15) is 84.7 Å². The predicted molar refractivity (Wildman–Crippen MR) is 135 cm³/mol. The van der Waals surface area contributed by atoms with Gasteiger partial charge in [-0.3, -0.25) is 13.7 Å². The van der Waals surface area contributed by atoms with Crippen LogP contribution in [0.2, 0.25) is 0 Å². The first-order valence-corrected chi connectivity index (χ1v) is 15.6. The van der Waals surface area contributed by atoms with E-state index in [0.29, 0.717) is 36.4 Å². The van der Waals surface area contributed by atoms with Gasteiger partial charge in [-0.25, -0.2) is 0 Å². The molecule has 0 heterocycles. The number of carboxylic acid groups (broad SMARTS) is 6. The largest absolute Gasteiger partial charge is 3.00 e. The summed E-state index contributed by atoms with van der Waals surface area (Å²) in [4.78, 5) is 60.8. The Bertz CT molecular complexity index is 1930. The molecule has 0 unspecified atom stereocenters. The second kappa shape index (κ2) is 18.8. The Hall–Kier alpha value is -4.05. The quantitative estimate of drug-likeness (QED) is 0.169. The van der Waals surface area contributed by atoms with Crippen molar-refractivity contribution in [3.05, 3.63) is 88.0 Å². The summed E-state index contributed by atoms with van der Waals surface area (Å²) in [5.74, 6) is -11.0. The Labute approximate surface area is 316 Å². The first-order valence-electron chi connectivity index (χ1n) is 11.3. The van der Waals surface area contributed by atoms with Gasteiger partial charge in [0, 0.05) is 33.4 Å². The monoisotopic (exact) mass is 822 g/mol. The number of carbonyl (C=O) groups excluding carboxylic acids is 6. The minimum Gasteiger partial charge on any atom is -0.545 e. The predicted octanol–water partition coefficient (Wildman–Crippen LogP) is -7.02. The SMILES string of the molecule is O=C([O-])c1ccc(S(=O)(=O)O)cc1C(=O)[O-].O=C([O-])c1ccc(S(=O)(=O)O)cc1C(=O)[O-].O=C([O-])c1ccc(S(=O)(=O)O)cc1C(=O)[O-].[Sc+3].[Sc+3]. The maximum Gasteiger partial charge on any atom is 3.00 e. The summed E-state index contributed by atoms with van der Waals surface area (Å²) in [6, 6.07) is 5.77. The number of benzene rings is 3. The van der Waals surface area contributed by atoms with Crippen molar-refractivity contribution in [3.8, 4) is 0 Å². The van der Waals surface area contributed by atoms with Gasteiger partial charge < -0.3 is 59.4 Å². The zero-order valence-corrected chi connectivity index (χ0v) is 29.8. The van der Waals surface area contributed by atoms with Crippen molar-refractivity contribution in [1.29, 1.82) is 0 Å². The van der Waals surface area contributed by atoms with E-state index in [-0.39, 0.29) is 51.7 Å². The number of rotatable bonds is 9. The van der Waals surface area contributed by atoms with Crippen LogP contribution < -0.4 is 30.6 Å². The molecule has 0 atom stereocenters. The average Bonchev–Trinajstić information content (AvgIpc) is 2.95. The Balaban J connectivity index is 0. The van der Waals surface area contributed by atoms with Gasteiger partial charge in [0.15, 0.2) is 0 Å². The van der Waals surface area contributed by atoms with Crippen LogP contribution in [-0.4, -0.2) is 74.7 Å². The number of hydrogen-bond donors (Lipinski definition) is 3. The topological polar surface area (TPSA) is 404 Å². The summed E-state index contributed by atoms with van der Waals surface area (Å²) in [6.45, 7) is 0. The second-order valence-electron chi connectivity index (χ2n) is 8.27. The molecule has 21 nitrogen and oxygen atoms in total. The van der Waals surface area contributed by atoms with Gasteiger partial charge in [-0.05, 0) is 36.4 Å². The molecule has 0 fully saturated rings. The molecular weight excluding hydrogens is 810 g/mol. The van der Waals surface area contributed by atoms with E-state index < -0.39 is 114 Å². The number of aromatic carboxylic acids is 6. The van der Waals surface area contributed by atoms with Crippen molar-refractivity contribution >= 4 is 66.2 Å². The molecule has 50 heavy (non-hydrogen) atoms. The van der Waals surface area contributed by atoms with Gasteiger partial charge in [-0.2, -0.15) is 25.3 Å². The van der Waals surface area contributed by atoms with E-state index >= 15 is 0 Å². The van der Waals surface area contributed by atoms with Crippen LogP contribution in [0.1, 0.15) is 62.1 Å². The Morgan fingerprint density at radius 3 is 0.640 bits per heavy atom. The van der Waals surface area contributed by atoms with Crippen LogP contribution in [0, 0.1) is 0 Å². The molecule has 0 aliphatic rings. The molecule has 0 aliphatic carbocycles. The van der Waals surface area contributed by atoms with Gasteiger partial charge in [-0.15, -0.1) is 0 Å². The minimum absolute atomic E-state index is 0. The fourth-order valence-electron chi connectivity index (χ4n) is 3.09. The molecule has 0 aromatic heterocycles. The molecule has 0 saturated carbocycles. The summed E-state index contributed by atoms with van der Waals surface area (Å²) in [5.41, 5.74) is -4.83. The number of carbonyl (C=O) groups is 6. The molecule has 3 N–H and O–H groups in total. The first kappa shape index (κ1) is 48.1. The summed E-state index contributed by atoms with van der Waals surface area (Å²) < 4.78 is 89.9. The molecule has 0 bridgehead atoms. The Morgan fingerprint density at radius 1 is 0.360 bits per heavy atom. The van der Waals surface area contributed by atoms with Crippen LogP contribution in [0.25, 0.3) is 0 Å². The second-order valence-corrected chi connectivity index (χ2v) is 12.5. The van der Waals surface area contributed by atoms with E-state index in [2.05, 4.69) is 0 Å². The average molecular weight is 822 g/mol. The first-order chi connectivity index (χ1) is 21.7. The van der Waals surface area contributed by atoms with E-state index in [1.54, 1.807) is 0 Å². The van der Waals surface area contributed by atoms with Crippen LogP contribution in [-0.2, 0) is 82.0 Å². The molecule has 0 radical (unpaired) electrons. The van der Waals surface area contributed by atoms with E-state index in [1.165, 1.54) is 0 Å². The molecule has 0 amide bonds. The van der Waals surface area contributed by atoms with Gasteiger partial charge in [-0.1, -0.05) is 18.2 Å². The van der Waals surface area contributed by atoms with Gasteiger partial charge >= 0.3 is 51.7 Å². The summed E-state index contributed by atoms with van der Waals surface area (Å²) in [6.07, 6.45) is 0. The maximum atomic E-state index is 10.7. The van der Waals surface area contributed by atoms with Crippen molar-refractivity contribution < 1.29 is 150 Å². The molecule has 0 spiro atoms. The van der Waals surface area contributed by atoms with Crippen LogP contribution in [0.3, 0.4) is 0 Å². The molecule has 26 heteroatoms. The van der Waals surface area contributed by atoms with Crippen LogP contribution >= 0.6 is 0 Å². The number of hydrogen-bond acceptors (Lipinski definition) is 18. The van der Waals surface area contributed by atoms with Crippen LogP contribution in [0.5, 0.6) is 0 Å². The van der Waals surface area contributed by atoms with E-state index in [1.807, 2.05) is 0 Å². The van der Waals surface area contributed by atoms with E-state index in [0.717, 1.165) is 18.2 Å². The zero-order chi connectivity index (χ0) is 37.5. The smallest absolute Gasteiger partial charge is 0.545 e. The van der Waals surface area contributed by atoms with Gasteiger partial charge in [0.25, 0.3) is 30.4 Å². The molecule has 0 aliphatic heterocycles. The van der Waals surface area contributed by atoms with Crippen molar-refractivity contribution in [2.75, 3.05) is 0 Å². The third kappa shape index (κ3) is 13.7. The molecule has 3 rings (SSSR count). The minimum atomic E-state index is -4.61. The van der Waals surface area contributed by atoms with Gasteiger partial charge in [0.1, 0.15) is 0 Å². The standard InChI is InChI=1S/3C8H6O7S.2Sc/c3*9-7(10)5-2-1-4(16(13,14)15)3-6(5)8(11)12;;/h3*1-3H,(H,9,10)(H,11,12)(H,13,14,15);;/q;;;2*+3/p-6. The van der Waals surface area contributed by atoms with Crippen LogP contribution in [0.4, 0.5) is 0 Å². The maximum absolute atomic E-state index is 10.7. The summed E-state index contributed by atoms with van der Waals surface area (Å²) >= 11 is 0. The third-order valence-corrected chi connectivity index (χ3v) is 7.74. The Morgan fingerprint density at radius 2 is 0.520 bits per heavy atom. The van der Waals surface area contributed by atoms with Crippen molar-refractivity contribution in [2.45, 2.75) is 14.7 Å². The van der Waals surface area contributed by atoms with Crippen molar-refractivity contribution in [3.63, 3.8) is 0 Å². The van der Waals surface area contributed by atoms with Gasteiger partial charge in [0.2, 0.25) is 0 Å². The molecule has 0 saturated heterocycles. The van der Waals surface area contributed by atoms with E-state index in [4.69, 9.17) is 13.7 Å². The normalized spacial score (nSPS) is 10.6. The van der Waals surface area contributed by atoms with Crippen molar-refractivity contribution in [2.24, 2.45) is 0 Å².